The summed E-state index contributed by atoms with van der Waals surface area (Å²) in [6.07, 6.45) is 2.45. The van der Waals surface area contributed by atoms with Crippen LogP contribution in [-0.2, 0) is 0 Å². The number of hydrogen-bond donors (Lipinski definition) is 0. The van der Waals surface area contributed by atoms with E-state index >= 15 is 0 Å². The molecule has 1 nitrogen and oxygen atoms in total. The third-order valence-electron chi connectivity index (χ3n) is 3.65. The van der Waals surface area contributed by atoms with Crippen molar-refractivity contribution in [3.05, 3.63) is 35.4 Å². The molecule has 1 heteroatoms. The highest BCUT2D eigenvalue weighted by atomic mass is 15.2. The molecule has 1 aliphatic rings. The molecule has 2 atom stereocenters. The summed E-state index contributed by atoms with van der Waals surface area (Å²) >= 11 is 0. The van der Waals surface area contributed by atoms with E-state index < -0.39 is 0 Å². The van der Waals surface area contributed by atoms with Crippen molar-refractivity contribution in [1.82, 2.24) is 4.90 Å². The zero-order chi connectivity index (χ0) is 10.8. The first-order valence-electron chi connectivity index (χ1n) is 6.18. The lowest BCUT2D eigenvalue weighted by Crippen LogP contribution is -2.25. The van der Waals surface area contributed by atoms with Gasteiger partial charge in [0.05, 0.1) is 0 Å². The van der Waals surface area contributed by atoms with Crippen LogP contribution in [0.2, 0.25) is 0 Å². The molecule has 1 heterocycles. The summed E-state index contributed by atoms with van der Waals surface area (Å²) in [5, 5.41) is 0. The second kappa shape index (κ2) is 4.36. The molecular weight excluding hydrogens is 182 g/mol. The first kappa shape index (κ1) is 10.7. The Hall–Kier alpha value is -0.820. The van der Waals surface area contributed by atoms with Crippen LogP contribution in [0, 0.1) is 0 Å². The van der Waals surface area contributed by atoms with Crippen molar-refractivity contribution < 1.29 is 0 Å². The third kappa shape index (κ3) is 1.59. The van der Waals surface area contributed by atoms with E-state index in [1.165, 1.54) is 12.8 Å². The van der Waals surface area contributed by atoms with Crippen LogP contribution in [0.4, 0.5) is 0 Å². The molecule has 2 unspecified atom stereocenters. The first-order chi connectivity index (χ1) is 7.33. The molecule has 0 spiro atoms. The van der Waals surface area contributed by atoms with Crippen LogP contribution >= 0.6 is 0 Å². The van der Waals surface area contributed by atoms with E-state index in [1.807, 2.05) is 0 Å². The van der Waals surface area contributed by atoms with E-state index in [-0.39, 0.29) is 0 Å². The SMILES string of the molecule is CCC1c2ccccc2C(CC)N1CC. The molecule has 0 saturated carbocycles. The van der Waals surface area contributed by atoms with Crippen molar-refractivity contribution in [2.45, 2.75) is 45.7 Å². The molecule has 2 rings (SSSR count). The monoisotopic (exact) mass is 203 g/mol. The highest BCUT2D eigenvalue weighted by Crippen LogP contribution is 2.44. The van der Waals surface area contributed by atoms with Gasteiger partial charge in [-0.05, 0) is 30.5 Å². The van der Waals surface area contributed by atoms with Crippen LogP contribution in [-0.4, -0.2) is 11.4 Å². The fourth-order valence-electron chi connectivity index (χ4n) is 3.04. The van der Waals surface area contributed by atoms with E-state index in [1.54, 1.807) is 11.1 Å². The lowest BCUT2D eigenvalue weighted by Gasteiger charge is -2.28. The van der Waals surface area contributed by atoms with Gasteiger partial charge in [0, 0.05) is 12.1 Å². The number of hydrogen-bond acceptors (Lipinski definition) is 1. The summed E-state index contributed by atoms with van der Waals surface area (Å²) in [6, 6.07) is 10.3. The summed E-state index contributed by atoms with van der Waals surface area (Å²) in [7, 11) is 0. The molecular formula is C14H21N. The van der Waals surface area contributed by atoms with Gasteiger partial charge < -0.3 is 0 Å². The van der Waals surface area contributed by atoms with Crippen molar-refractivity contribution in [3.8, 4) is 0 Å². The van der Waals surface area contributed by atoms with E-state index in [9.17, 15) is 0 Å². The molecule has 0 aliphatic carbocycles. The number of fused-ring (bicyclic) bond motifs is 1. The quantitative estimate of drug-likeness (QED) is 0.719. The Morgan fingerprint density at radius 1 is 0.933 bits per heavy atom. The molecule has 0 saturated heterocycles. The van der Waals surface area contributed by atoms with Crippen LogP contribution in [0.15, 0.2) is 24.3 Å². The zero-order valence-corrected chi connectivity index (χ0v) is 10.0. The van der Waals surface area contributed by atoms with Crippen LogP contribution in [0.1, 0.15) is 56.8 Å². The molecule has 0 radical (unpaired) electrons. The van der Waals surface area contributed by atoms with Crippen molar-refractivity contribution >= 4 is 0 Å². The standard InChI is InChI=1S/C14H21N/c1-4-13-11-9-7-8-10-12(11)14(5-2)15(13)6-3/h7-10,13-14H,4-6H2,1-3H3. The second-order valence-electron chi connectivity index (χ2n) is 4.31. The Labute approximate surface area is 93.1 Å². The maximum absolute atomic E-state index is 2.64. The summed E-state index contributed by atoms with van der Waals surface area (Å²) in [5.41, 5.74) is 3.13. The minimum absolute atomic E-state index is 0.649. The van der Waals surface area contributed by atoms with E-state index in [2.05, 4.69) is 49.9 Å². The molecule has 1 aromatic rings. The van der Waals surface area contributed by atoms with E-state index in [4.69, 9.17) is 0 Å². The Bertz CT molecular complexity index is 301. The van der Waals surface area contributed by atoms with Gasteiger partial charge in [0.2, 0.25) is 0 Å². The summed E-state index contributed by atoms with van der Waals surface area (Å²) in [6.45, 7) is 8.02. The minimum atomic E-state index is 0.649. The van der Waals surface area contributed by atoms with Gasteiger partial charge in [-0.25, -0.2) is 0 Å². The minimum Gasteiger partial charge on any atom is -0.290 e. The predicted molar refractivity (Wildman–Crippen MR) is 64.9 cm³/mol. The Morgan fingerprint density at radius 2 is 1.40 bits per heavy atom. The lowest BCUT2D eigenvalue weighted by atomic mass is 10.00. The number of nitrogens with zero attached hydrogens (tertiary/aromatic N) is 1. The highest BCUT2D eigenvalue weighted by Gasteiger charge is 2.34. The zero-order valence-electron chi connectivity index (χ0n) is 10.0. The summed E-state index contributed by atoms with van der Waals surface area (Å²) in [5.74, 6) is 0. The maximum Gasteiger partial charge on any atom is 0.0354 e. The first-order valence-corrected chi connectivity index (χ1v) is 6.18. The molecule has 0 N–H and O–H groups in total. The maximum atomic E-state index is 2.64. The van der Waals surface area contributed by atoms with Crippen molar-refractivity contribution in [3.63, 3.8) is 0 Å². The van der Waals surface area contributed by atoms with Gasteiger partial charge in [-0.1, -0.05) is 45.0 Å². The lowest BCUT2D eigenvalue weighted by molar-refractivity contribution is 0.162. The van der Waals surface area contributed by atoms with Gasteiger partial charge in [-0.15, -0.1) is 0 Å². The average Bonchev–Trinajstić information content (AvgIpc) is 2.61. The van der Waals surface area contributed by atoms with Crippen LogP contribution < -0.4 is 0 Å². The average molecular weight is 203 g/mol. The summed E-state index contributed by atoms with van der Waals surface area (Å²) in [4.78, 5) is 2.64. The van der Waals surface area contributed by atoms with Gasteiger partial charge in [-0.2, -0.15) is 0 Å². The van der Waals surface area contributed by atoms with Gasteiger partial charge in [0.25, 0.3) is 0 Å². The molecule has 1 aromatic carbocycles. The molecule has 15 heavy (non-hydrogen) atoms. The predicted octanol–water partition coefficient (Wildman–Crippen LogP) is 3.92. The highest BCUT2D eigenvalue weighted by molar-refractivity contribution is 5.37. The second-order valence-corrected chi connectivity index (χ2v) is 4.31. The topological polar surface area (TPSA) is 3.24 Å². The van der Waals surface area contributed by atoms with Gasteiger partial charge in [-0.3, -0.25) is 4.90 Å². The number of benzene rings is 1. The largest absolute Gasteiger partial charge is 0.290 e. The molecule has 0 fully saturated rings. The van der Waals surface area contributed by atoms with Gasteiger partial charge >= 0.3 is 0 Å². The van der Waals surface area contributed by atoms with Crippen LogP contribution in [0.25, 0.3) is 0 Å². The van der Waals surface area contributed by atoms with Crippen molar-refractivity contribution in [2.75, 3.05) is 6.54 Å². The molecule has 0 amide bonds. The van der Waals surface area contributed by atoms with E-state index in [0.717, 1.165) is 6.54 Å². The normalized spacial score (nSPS) is 25.5. The van der Waals surface area contributed by atoms with Crippen LogP contribution in [0.3, 0.4) is 0 Å². The molecule has 1 aliphatic heterocycles. The van der Waals surface area contributed by atoms with Crippen molar-refractivity contribution in [2.24, 2.45) is 0 Å². The third-order valence-corrected chi connectivity index (χ3v) is 3.65. The number of rotatable bonds is 3. The Morgan fingerprint density at radius 3 is 1.73 bits per heavy atom. The van der Waals surface area contributed by atoms with Gasteiger partial charge in [0.15, 0.2) is 0 Å². The van der Waals surface area contributed by atoms with Crippen molar-refractivity contribution in [1.29, 1.82) is 0 Å². The molecule has 0 aromatic heterocycles. The fraction of sp³-hybridized carbons (Fsp3) is 0.571. The fourth-order valence-corrected chi connectivity index (χ4v) is 3.04. The Kier molecular flexibility index (Phi) is 3.11. The van der Waals surface area contributed by atoms with Gasteiger partial charge in [0.1, 0.15) is 0 Å². The van der Waals surface area contributed by atoms with E-state index in [0.29, 0.717) is 12.1 Å². The molecule has 82 valence electrons. The Balaban J connectivity index is 2.43. The smallest absolute Gasteiger partial charge is 0.0354 e. The van der Waals surface area contributed by atoms with Crippen LogP contribution in [0.5, 0.6) is 0 Å². The molecule has 0 bridgehead atoms. The summed E-state index contributed by atoms with van der Waals surface area (Å²) < 4.78 is 0.